The molecule has 21 heavy (non-hydrogen) atoms. The van der Waals surface area contributed by atoms with E-state index >= 15 is 0 Å². The minimum absolute atomic E-state index is 0.214. The van der Waals surface area contributed by atoms with Crippen LogP contribution in [0, 0.1) is 11.2 Å². The molecule has 1 aromatic rings. The van der Waals surface area contributed by atoms with Crippen LogP contribution in [0.2, 0.25) is 0 Å². The molecule has 0 aliphatic rings. The van der Waals surface area contributed by atoms with Crippen molar-refractivity contribution in [1.29, 1.82) is 0 Å². The smallest absolute Gasteiger partial charge is 0.237 e. The third-order valence-electron chi connectivity index (χ3n) is 3.33. The summed E-state index contributed by atoms with van der Waals surface area (Å²) in [6.45, 7) is 6.48. The van der Waals surface area contributed by atoms with Crippen molar-refractivity contribution in [3.63, 3.8) is 0 Å². The van der Waals surface area contributed by atoms with Gasteiger partial charge in [-0.05, 0) is 29.5 Å². The molecule has 0 heterocycles. The molecule has 0 aromatic heterocycles. The summed E-state index contributed by atoms with van der Waals surface area (Å²) in [6, 6.07) is 5.31. The first kappa shape index (κ1) is 17.6. The summed E-state index contributed by atoms with van der Waals surface area (Å²) in [5, 5.41) is 2.96. The average Bonchev–Trinajstić information content (AvgIpc) is 2.41. The average molecular weight is 296 g/mol. The Labute approximate surface area is 125 Å². The number of hydrogen-bond acceptors (Lipinski definition) is 3. The summed E-state index contributed by atoms with van der Waals surface area (Å²) in [4.78, 5) is 12.2. The highest BCUT2D eigenvalue weighted by atomic mass is 19.1. The third-order valence-corrected chi connectivity index (χ3v) is 3.33. The number of carbonyl (C=O) groups excluding carboxylic acids is 1. The largest absolute Gasteiger partial charge is 0.385 e. The van der Waals surface area contributed by atoms with E-state index in [9.17, 15) is 9.18 Å². The summed E-state index contributed by atoms with van der Waals surface area (Å²) < 4.78 is 18.0. The molecule has 1 rings (SSSR count). The van der Waals surface area contributed by atoms with Gasteiger partial charge < -0.3 is 15.8 Å². The fourth-order valence-electron chi connectivity index (χ4n) is 2.08. The van der Waals surface area contributed by atoms with Crippen LogP contribution in [0.1, 0.15) is 38.8 Å². The first-order valence-electron chi connectivity index (χ1n) is 7.06. The zero-order valence-corrected chi connectivity index (χ0v) is 13.2. The maximum absolute atomic E-state index is 13.1. The summed E-state index contributed by atoms with van der Waals surface area (Å²) in [5.74, 6) is -0.522. The highest BCUT2D eigenvalue weighted by Crippen LogP contribution is 2.32. The van der Waals surface area contributed by atoms with Crippen LogP contribution in [0.15, 0.2) is 24.3 Å². The molecule has 2 atom stereocenters. The maximum atomic E-state index is 13.1. The van der Waals surface area contributed by atoms with Crippen LogP contribution in [-0.4, -0.2) is 25.7 Å². The van der Waals surface area contributed by atoms with E-state index in [4.69, 9.17) is 10.5 Å². The highest BCUT2D eigenvalue weighted by molar-refractivity contribution is 5.82. The molecule has 5 heteroatoms. The second-order valence-electron chi connectivity index (χ2n) is 6.25. The molecule has 3 N–H and O–H groups in total. The van der Waals surface area contributed by atoms with E-state index in [0.29, 0.717) is 13.0 Å². The zero-order valence-electron chi connectivity index (χ0n) is 13.2. The van der Waals surface area contributed by atoms with Crippen molar-refractivity contribution in [2.45, 2.75) is 39.3 Å². The molecule has 0 bridgehead atoms. The number of carbonyl (C=O) groups is 1. The Morgan fingerprint density at radius 2 is 1.90 bits per heavy atom. The van der Waals surface area contributed by atoms with Crippen molar-refractivity contribution in [1.82, 2.24) is 5.32 Å². The lowest BCUT2D eigenvalue weighted by molar-refractivity contribution is -0.124. The number of ether oxygens (including phenoxy) is 1. The number of hydrogen-bond donors (Lipinski definition) is 2. The van der Waals surface area contributed by atoms with Gasteiger partial charge in [0.05, 0.1) is 12.1 Å². The molecule has 0 aliphatic heterocycles. The predicted molar refractivity (Wildman–Crippen MR) is 81.2 cm³/mol. The molecule has 0 saturated heterocycles. The van der Waals surface area contributed by atoms with Gasteiger partial charge in [0.25, 0.3) is 0 Å². The van der Waals surface area contributed by atoms with Gasteiger partial charge in [0, 0.05) is 13.7 Å². The van der Waals surface area contributed by atoms with Crippen LogP contribution >= 0.6 is 0 Å². The number of rotatable bonds is 6. The fourth-order valence-corrected chi connectivity index (χ4v) is 2.08. The molecule has 1 aromatic carbocycles. The molecule has 1 amide bonds. The molecule has 4 nitrogen and oxygen atoms in total. The number of nitrogens with one attached hydrogen (secondary N) is 1. The maximum Gasteiger partial charge on any atom is 0.237 e. The van der Waals surface area contributed by atoms with Gasteiger partial charge in [-0.1, -0.05) is 32.9 Å². The van der Waals surface area contributed by atoms with Gasteiger partial charge in [-0.25, -0.2) is 4.39 Å². The van der Waals surface area contributed by atoms with Crippen molar-refractivity contribution in [3.05, 3.63) is 35.6 Å². The van der Waals surface area contributed by atoms with Crippen LogP contribution in [-0.2, 0) is 9.53 Å². The van der Waals surface area contributed by atoms with Crippen molar-refractivity contribution in [2.75, 3.05) is 13.7 Å². The van der Waals surface area contributed by atoms with Crippen molar-refractivity contribution in [2.24, 2.45) is 11.1 Å². The van der Waals surface area contributed by atoms with Crippen LogP contribution < -0.4 is 11.1 Å². The van der Waals surface area contributed by atoms with Gasteiger partial charge in [0.2, 0.25) is 5.91 Å². The van der Waals surface area contributed by atoms with E-state index in [1.807, 2.05) is 20.8 Å². The van der Waals surface area contributed by atoms with Crippen molar-refractivity contribution >= 4 is 5.91 Å². The summed E-state index contributed by atoms with van der Waals surface area (Å²) >= 11 is 0. The Hall–Kier alpha value is -1.46. The number of methoxy groups -OCH3 is 1. The van der Waals surface area contributed by atoms with E-state index in [1.54, 1.807) is 19.2 Å². The van der Waals surface area contributed by atoms with Crippen LogP contribution in [0.3, 0.4) is 0 Å². The van der Waals surface area contributed by atoms with Gasteiger partial charge >= 0.3 is 0 Å². The SMILES string of the molecule is COCCC(N)C(=O)NC(c1ccc(F)cc1)C(C)(C)C. The van der Waals surface area contributed by atoms with Gasteiger partial charge in [-0.15, -0.1) is 0 Å². The van der Waals surface area contributed by atoms with E-state index in [-0.39, 0.29) is 23.2 Å². The van der Waals surface area contributed by atoms with Crippen LogP contribution in [0.25, 0.3) is 0 Å². The highest BCUT2D eigenvalue weighted by Gasteiger charge is 2.29. The number of halogens is 1. The van der Waals surface area contributed by atoms with Crippen molar-refractivity contribution in [3.8, 4) is 0 Å². The lowest BCUT2D eigenvalue weighted by atomic mass is 9.82. The Bertz CT molecular complexity index is 454. The number of benzene rings is 1. The molecule has 0 saturated carbocycles. The first-order chi connectivity index (χ1) is 9.75. The molecule has 0 spiro atoms. The monoisotopic (exact) mass is 296 g/mol. The topological polar surface area (TPSA) is 64.3 Å². The second kappa shape index (κ2) is 7.52. The summed E-state index contributed by atoms with van der Waals surface area (Å²) in [5.41, 5.74) is 6.49. The number of amides is 1. The summed E-state index contributed by atoms with van der Waals surface area (Å²) in [7, 11) is 1.57. The second-order valence-corrected chi connectivity index (χ2v) is 6.25. The van der Waals surface area contributed by atoms with Gasteiger partial charge in [0.1, 0.15) is 5.82 Å². The van der Waals surface area contributed by atoms with Crippen molar-refractivity contribution < 1.29 is 13.9 Å². The Morgan fingerprint density at radius 3 is 2.38 bits per heavy atom. The Kier molecular flexibility index (Phi) is 6.30. The first-order valence-corrected chi connectivity index (χ1v) is 7.06. The normalized spacial score (nSPS) is 14.6. The Morgan fingerprint density at radius 1 is 1.33 bits per heavy atom. The Balaban J connectivity index is 2.85. The molecular weight excluding hydrogens is 271 g/mol. The lowest BCUT2D eigenvalue weighted by Crippen LogP contribution is -2.45. The molecule has 118 valence electrons. The van der Waals surface area contributed by atoms with Gasteiger partial charge in [-0.2, -0.15) is 0 Å². The van der Waals surface area contributed by atoms with Gasteiger partial charge in [0.15, 0.2) is 0 Å². The molecular formula is C16H25FN2O2. The zero-order chi connectivity index (χ0) is 16.0. The molecule has 2 unspecified atom stereocenters. The predicted octanol–water partition coefficient (Wildman–Crippen LogP) is 2.39. The minimum Gasteiger partial charge on any atom is -0.385 e. The van der Waals surface area contributed by atoms with E-state index in [1.165, 1.54) is 12.1 Å². The van der Waals surface area contributed by atoms with Gasteiger partial charge in [-0.3, -0.25) is 4.79 Å². The van der Waals surface area contributed by atoms with Crippen LogP contribution in [0.4, 0.5) is 4.39 Å². The number of nitrogens with two attached hydrogens (primary N) is 1. The summed E-state index contributed by atoms with van der Waals surface area (Å²) in [6.07, 6.45) is 0.461. The van der Waals surface area contributed by atoms with Crippen LogP contribution in [0.5, 0.6) is 0 Å². The third kappa shape index (κ3) is 5.44. The quantitative estimate of drug-likeness (QED) is 0.847. The van der Waals surface area contributed by atoms with E-state index in [0.717, 1.165) is 5.56 Å². The standard InChI is InChI=1S/C16H25FN2O2/c1-16(2,3)14(11-5-7-12(17)8-6-11)19-15(20)13(18)9-10-21-4/h5-8,13-14H,9-10,18H2,1-4H3,(H,19,20). The molecule has 0 fully saturated rings. The van der Waals surface area contributed by atoms with E-state index in [2.05, 4.69) is 5.32 Å². The minimum atomic E-state index is -0.616. The molecule has 0 radical (unpaired) electrons. The fraction of sp³-hybridized carbons (Fsp3) is 0.562. The lowest BCUT2D eigenvalue weighted by Gasteiger charge is -2.32. The van der Waals surface area contributed by atoms with E-state index < -0.39 is 6.04 Å². The molecule has 0 aliphatic carbocycles.